The molecule has 1 aromatic carbocycles. The zero-order valence-corrected chi connectivity index (χ0v) is 20.7. The van der Waals surface area contributed by atoms with Crippen molar-refractivity contribution >= 4 is 12.3 Å². The number of hydrogen-bond donors (Lipinski definition) is 1. The number of benzene rings is 1. The van der Waals surface area contributed by atoms with Gasteiger partial charge in [0.2, 0.25) is 0 Å². The number of nitrogens with zero attached hydrogens (tertiary/aromatic N) is 3. The number of hydrogen-bond acceptors (Lipinski definition) is 8. The van der Waals surface area contributed by atoms with Crippen molar-refractivity contribution in [3.05, 3.63) is 47.2 Å². The first-order valence-electron chi connectivity index (χ1n) is 12.5. The van der Waals surface area contributed by atoms with E-state index in [4.69, 9.17) is 9.47 Å². The molecule has 37 heavy (non-hydrogen) atoms. The summed E-state index contributed by atoms with van der Waals surface area (Å²) in [7, 11) is 0. The highest BCUT2D eigenvalue weighted by Crippen LogP contribution is 2.37. The average Bonchev–Trinajstić information content (AvgIpc) is 2.88. The number of nitrogens with one attached hydrogen (secondary N) is 1. The number of halogens is 3. The van der Waals surface area contributed by atoms with E-state index in [0.29, 0.717) is 50.1 Å². The van der Waals surface area contributed by atoms with Crippen molar-refractivity contribution in [2.45, 2.75) is 44.5 Å². The molecule has 2 heterocycles. The molecule has 1 N–H and O–H groups in total. The van der Waals surface area contributed by atoms with E-state index < -0.39 is 29.9 Å². The number of aromatic nitrogens is 2. The minimum absolute atomic E-state index is 0.119. The van der Waals surface area contributed by atoms with Crippen LogP contribution in [0.1, 0.15) is 42.7 Å². The number of aldehydes is 1. The van der Waals surface area contributed by atoms with Crippen LogP contribution in [-0.4, -0.2) is 72.8 Å². The van der Waals surface area contributed by atoms with E-state index >= 15 is 0 Å². The number of ether oxygens (including phenoxy) is 2. The molecule has 0 spiro atoms. The fraction of sp³-hybridized carbons (Fsp3) is 0.538. The molecule has 2 aliphatic rings. The number of alkyl halides is 3. The molecular weight excluding hydrogens is 489 g/mol. The second-order valence-electron chi connectivity index (χ2n) is 9.59. The Kier molecular flexibility index (Phi) is 8.88. The Hall–Kier alpha value is -2.89. The Morgan fingerprint density at radius 1 is 1.27 bits per heavy atom. The Morgan fingerprint density at radius 3 is 2.78 bits per heavy atom. The minimum atomic E-state index is -4.48. The second-order valence-corrected chi connectivity index (χ2v) is 9.59. The lowest BCUT2D eigenvalue weighted by Crippen LogP contribution is -2.43. The second kappa shape index (κ2) is 12.1. The molecule has 8 nitrogen and oxygen atoms in total. The molecular formula is C26H31F3N4O4. The predicted molar refractivity (Wildman–Crippen MR) is 129 cm³/mol. The fourth-order valence-corrected chi connectivity index (χ4v) is 4.67. The van der Waals surface area contributed by atoms with Gasteiger partial charge in [0.05, 0.1) is 42.6 Å². The van der Waals surface area contributed by atoms with Gasteiger partial charge in [0.25, 0.3) is 0 Å². The van der Waals surface area contributed by atoms with Gasteiger partial charge in [-0.3, -0.25) is 9.69 Å². The van der Waals surface area contributed by atoms with Crippen molar-refractivity contribution in [1.29, 1.82) is 0 Å². The van der Waals surface area contributed by atoms with Crippen molar-refractivity contribution in [3.63, 3.8) is 0 Å². The molecule has 200 valence electrons. The molecule has 1 aliphatic heterocycles. The van der Waals surface area contributed by atoms with Crippen molar-refractivity contribution < 1.29 is 32.2 Å². The van der Waals surface area contributed by atoms with E-state index in [1.54, 1.807) is 6.07 Å². The summed E-state index contributed by atoms with van der Waals surface area (Å²) in [5, 5.41) is 11.5. The van der Waals surface area contributed by atoms with Crippen LogP contribution in [0.3, 0.4) is 0 Å². The van der Waals surface area contributed by atoms with Crippen molar-refractivity contribution in [2.24, 2.45) is 5.92 Å². The number of rotatable bonds is 9. The fourth-order valence-electron chi connectivity index (χ4n) is 4.67. The molecule has 1 aromatic heterocycles. The molecule has 1 aliphatic carbocycles. The molecule has 11 heteroatoms. The molecule has 0 saturated carbocycles. The van der Waals surface area contributed by atoms with Crippen LogP contribution in [0.2, 0.25) is 0 Å². The summed E-state index contributed by atoms with van der Waals surface area (Å²) < 4.78 is 50.6. The smallest absolute Gasteiger partial charge is 0.416 e. The lowest BCUT2D eigenvalue weighted by atomic mass is 9.85. The summed E-state index contributed by atoms with van der Waals surface area (Å²) in [4.78, 5) is 26.5. The van der Waals surface area contributed by atoms with E-state index in [2.05, 4.69) is 20.4 Å². The van der Waals surface area contributed by atoms with Crippen LogP contribution in [0.15, 0.2) is 30.3 Å². The van der Waals surface area contributed by atoms with Crippen LogP contribution < -0.4 is 5.32 Å². The van der Waals surface area contributed by atoms with E-state index in [1.165, 1.54) is 12.1 Å². The lowest BCUT2D eigenvalue weighted by molar-refractivity contribution is -0.152. The third-order valence-corrected chi connectivity index (χ3v) is 6.66. The van der Waals surface area contributed by atoms with E-state index in [-0.39, 0.29) is 23.6 Å². The van der Waals surface area contributed by atoms with Gasteiger partial charge >= 0.3 is 12.1 Å². The van der Waals surface area contributed by atoms with Gasteiger partial charge < -0.3 is 19.6 Å². The first-order valence-corrected chi connectivity index (χ1v) is 12.5. The van der Waals surface area contributed by atoms with Crippen LogP contribution in [-0.2, 0) is 31.7 Å². The lowest BCUT2D eigenvalue weighted by Gasteiger charge is -2.29. The number of carbonyl (C=O) groups excluding carboxylic acids is 2. The first-order chi connectivity index (χ1) is 17.7. The largest absolute Gasteiger partial charge is 0.457 e. The van der Waals surface area contributed by atoms with Crippen LogP contribution in [0.4, 0.5) is 13.2 Å². The van der Waals surface area contributed by atoms with Gasteiger partial charge in [-0.15, -0.1) is 0 Å². The Bertz CT molecular complexity index is 1090. The van der Waals surface area contributed by atoms with Crippen molar-refractivity contribution in [3.8, 4) is 11.3 Å². The quantitative estimate of drug-likeness (QED) is 0.398. The van der Waals surface area contributed by atoms with Crippen LogP contribution in [0, 0.1) is 5.92 Å². The van der Waals surface area contributed by atoms with Gasteiger partial charge in [0.1, 0.15) is 12.4 Å². The Morgan fingerprint density at radius 2 is 2.05 bits per heavy atom. The van der Waals surface area contributed by atoms with Gasteiger partial charge in [0, 0.05) is 37.3 Å². The summed E-state index contributed by atoms with van der Waals surface area (Å²) in [6, 6.07) is 5.87. The monoisotopic (exact) mass is 520 g/mol. The van der Waals surface area contributed by atoms with Crippen LogP contribution >= 0.6 is 0 Å². The number of morpholine rings is 1. The summed E-state index contributed by atoms with van der Waals surface area (Å²) in [5.41, 5.74) is 1.07. The zero-order chi connectivity index (χ0) is 26.4. The third kappa shape index (κ3) is 7.33. The van der Waals surface area contributed by atoms with Gasteiger partial charge in [-0.05, 0) is 37.0 Å². The summed E-state index contributed by atoms with van der Waals surface area (Å²) in [6.07, 6.45) is -3.34. The maximum atomic E-state index is 13.2. The average molecular weight is 521 g/mol. The molecule has 0 amide bonds. The minimum Gasteiger partial charge on any atom is -0.457 e. The van der Waals surface area contributed by atoms with Crippen LogP contribution in [0.25, 0.3) is 11.3 Å². The van der Waals surface area contributed by atoms with Gasteiger partial charge in [-0.2, -0.15) is 23.4 Å². The first kappa shape index (κ1) is 27.2. The molecule has 3 atom stereocenters. The maximum Gasteiger partial charge on any atom is 0.416 e. The topological polar surface area (TPSA) is 93.7 Å². The standard InChI is InChI=1S/C26H31F3N4O4/c1-17-11-23-21(15-22(31-32-23)18-3-2-4-19(13-18)26(27,28)29)24(12-17)37-25(35)14-20(16-34)30-5-6-33-7-9-36-10-8-33/h2-4,13,15-17,20,24,30H,5-12,14H2,1H3. The summed E-state index contributed by atoms with van der Waals surface area (Å²) in [6.45, 7) is 6.34. The van der Waals surface area contributed by atoms with Gasteiger partial charge in [-0.25, -0.2) is 0 Å². The number of carbonyl (C=O) groups is 2. The molecule has 0 bridgehead atoms. The zero-order valence-electron chi connectivity index (χ0n) is 20.7. The van der Waals surface area contributed by atoms with Crippen LogP contribution in [0.5, 0.6) is 0 Å². The van der Waals surface area contributed by atoms with Gasteiger partial charge in [0.15, 0.2) is 0 Å². The molecule has 1 fully saturated rings. The molecule has 0 radical (unpaired) electrons. The SMILES string of the molecule is CC1Cc2nnc(-c3cccc(C(F)(F)F)c3)cc2C(OC(=O)CC(C=O)NCCN2CCOCC2)C1. The maximum absolute atomic E-state index is 13.2. The third-order valence-electron chi connectivity index (χ3n) is 6.66. The summed E-state index contributed by atoms with van der Waals surface area (Å²) in [5.74, 6) is -0.356. The Labute approximate surface area is 213 Å². The predicted octanol–water partition coefficient (Wildman–Crippen LogP) is 3.21. The molecule has 3 unspecified atom stereocenters. The normalized spacial score (nSPS) is 21.2. The van der Waals surface area contributed by atoms with E-state index in [9.17, 15) is 22.8 Å². The Balaban J connectivity index is 1.42. The highest BCUT2D eigenvalue weighted by atomic mass is 19.4. The van der Waals surface area contributed by atoms with Crippen molar-refractivity contribution in [2.75, 3.05) is 39.4 Å². The van der Waals surface area contributed by atoms with Gasteiger partial charge in [-0.1, -0.05) is 19.1 Å². The number of fused-ring (bicyclic) bond motifs is 1. The molecule has 2 aromatic rings. The molecule has 1 saturated heterocycles. The molecule has 4 rings (SSSR count). The van der Waals surface area contributed by atoms with E-state index in [0.717, 1.165) is 31.8 Å². The highest BCUT2D eigenvalue weighted by Gasteiger charge is 2.32. The van der Waals surface area contributed by atoms with E-state index in [1.807, 2.05) is 6.92 Å². The summed E-state index contributed by atoms with van der Waals surface area (Å²) >= 11 is 0. The highest BCUT2D eigenvalue weighted by molar-refractivity contribution is 5.75. The van der Waals surface area contributed by atoms with Crippen molar-refractivity contribution in [1.82, 2.24) is 20.4 Å². The number of esters is 1.